The van der Waals surface area contributed by atoms with Crippen LogP contribution in [0.25, 0.3) is 10.9 Å². The average Bonchev–Trinajstić information content (AvgIpc) is 3.10. The van der Waals surface area contributed by atoms with Gasteiger partial charge in [0, 0.05) is 40.1 Å². The molecule has 0 spiro atoms. The predicted octanol–water partition coefficient (Wildman–Crippen LogP) is 4.80. The Morgan fingerprint density at radius 3 is 2.78 bits per heavy atom. The fourth-order valence-electron chi connectivity index (χ4n) is 2.76. The predicted molar refractivity (Wildman–Crippen MR) is 96.5 cm³/mol. The molecule has 0 aliphatic carbocycles. The standard InChI is InChI=1S/C18H21N3OS/c1-5-21-12(4)8-13-9-14(6-7-16(13)21)19-17(22)15-10-23-18(20-15)11(2)3/h6-11H,5H2,1-4H3,(H,19,22). The number of nitrogens with one attached hydrogen (secondary N) is 1. The van der Waals surface area contributed by atoms with E-state index in [9.17, 15) is 4.79 Å². The van der Waals surface area contributed by atoms with Gasteiger partial charge in [0.15, 0.2) is 0 Å². The van der Waals surface area contributed by atoms with Crippen LogP contribution in [0.3, 0.4) is 0 Å². The van der Waals surface area contributed by atoms with Gasteiger partial charge in [0.25, 0.3) is 5.91 Å². The number of benzene rings is 1. The molecule has 120 valence electrons. The molecule has 3 aromatic rings. The molecule has 0 aliphatic rings. The van der Waals surface area contributed by atoms with Crippen LogP contribution < -0.4 is 5.32 Å². The molecule has 0 bridgehead atoms. The van der Waals surface area contributed by atoms with E-state index in [-0.39, 0.29) is 5.91 Å². The molecule has 0 aliphatic heterocycles. The largest absolute Gasteiger partial charge is 0.345 e. The smallest absolute Gasteiger partial charge is 0.275 e. The van der Waals surface area contributed by atoms with Gasteiger partial charge in [-0.15, -0.1) is 11.3 Å². The quantitative estimate of drug-likeness (QED) is 0.748. The minimum atomic E-state index is -0.154. The van der Waals surface area contributed by atoms with Crippen LogP contribution in [-0.2, 0) is 6.54 Å². The lowest BCUT2D eigenvalue weighted by Crippen LogP contribution is -2.12. The lowest BCUT2D eigenvalue weighted by molar-refractivity contribution is 0.102. The Kier molecular flexibility index (Phi) is 4.22. The van der Waals surface area contributed by atoms with E-state index in [1.165, 1.54) is 22.5 Å². The van der Waals surface area contributed by atoms with Crippen LogP contribution in [0, 0.1) is 6.92 Å². The summed E-state index contributed by atoms with van der Waals surface area (Å²) in [6.07, 6.45) is 0. The second kappa shape index (κ2) is 6.16. The third kappa shape index (κ3) is 3.01. The zero-order valence-corrected chi connectivity index (χ0v) is 14.7. The summed E-state index contributed by atoms with van der Waals surface area (Å²) < 4.78 is 2.26. The highest BCUT2D eigenvalue weighted by molar-refractivity contribution is 7.09. The number of anilines is 1. The summed E-state index contributed by atoms with van der Waals surface area (Å²) >= 11 is 1.53. The number of aryl methyl sites for hydroxylation is 2. The lowest BCUT2D eigenvalue weighted by atomic mass is 10.2. The molecule has 1 aromatic carbocycles. The highest BCUT2D eigenvalue weighted by Gasteiger charge is 2.13. The van der Waals surface area contributed by atoms with Gasteiger partial charge in [-0.05, 0) is 38.1 Å². The van der Waals surface area contributed by atoms with E-state index in [0.29, 0.717) is 11.6 Å². The number of nitrogens with zero attached hydrogens (tertiary/aromatic N) is 2. The van der Waals surface area contributed by atoms with Gasteiger partial charge in [-0.25, -0.2) is 4.98 Å². The van der Waals surface area contributed by atoms with Gasteiger partial charge in [0.05, 0.1) is 5.01 Å². The molecule has 2 heterocycles. The van der Waals surface area contributed by atoms with E-state index in [4.69, 9.17) is 0 Å². The summed E-state index contributed by atoms with van der Waals surface area (Å²) in [6, 6.07) is 8.17. The monoisotopic (exact) mass is 327 g/mol. The molecule has 5 heteroatoms. The average molecular weight is 327 g/mol. The van der Waals surface area contributed by atoms with E-state index in [1.807, 2.05) is 17.5 Å². The van der Waals surface area contributed by atoms with Gasteiger partial charge in [-0.3, -0.25) is 4.79 Å². The van der Waals surface area contributed by atoms with Gasteiger partial charge in [0.2, 0.25) is 0 Å². The van der Waals surface area contributed by atoms with Crippen molar-refractivity contribution in [1.29, 1.82) is 0 Å². The van der Waals surface area contributed by atoms with Gasteiger partial charge in [-0.1, -0.05) is 13.8 Å². The Balaban J connectivity index is 1.84. The number of hydrogen-bond acceptors (Lipinski definition) is 3. The Morgan fingerprint density at radius 1 is 1.35 bits per heavy atom. The third-order valence-corrected chi connectivity index (χ3v) is 5.08. The molecule has 0 atom stereocenters. The molecule has 0 fully saturated rings. The first-order valence-electron chi connectivity index (χ1n) is 7.86. The molecular weight excluding hydrogens is 306 g/mol. The van der Waals surface area contributed by atoms with Crippen LogP contribution in [0.1, 0.15) is 47.9 Å². The number of thiazole rings is 1. The van der Waals surface area contributed by atoms with Crippen LogP contribution in [-0.4, -0.2) is 15.5 Å². The van der Waals surface area contributed by atoms with E-state index >= 15 is 0 Å². The number of rotatable bonds is 4. The summed E-state index contributed by atoms with van der Waals surface area (Å²) in [5.41, 5.74) is 3.71. The lowest BCUT2D eigenvalue weighted by Gasteiger charge is -2.06. The SMILES string of the molecule is CCn1c(C)cc2cc(NC(=O)c3csc(C(C)C)n3)ccc21. The van der Waals surface area contributed by atoms with Crippen molar-refractivity contribution in [2.24, 2.45) is 0 Å². The number of hydrogen-bond donors (Lipinski definition) is 1. The molecule has 2 aromatic heterocycles. The number of aromatic nitrogens is 2. The van der Waals surface area contributed by atoms with Crippen LogP contribution in [0.5, 0.6) is 0 Å². The van der Waals surface area contributed by atoms with Gasteiger partial charge in [-0.2, -0.15) is 0 Å². The van der Waals surface area contributed by atoms with Crippen LogP contribution in [0.15, 0.2) is 29.6 Å². The Hall–Kier alpha value is -2.14. The van der Waals surface area contributed by atoms with Crippen LogP contribution >= 0.6 is 11.3 Å². The van der Waals surface area contributed by atoms with Crippen molar-refractivity contribution >= 4 is 33.8 Å². The number of carbonyl (C=O) groups is 1. The second-order valence-electron chi connectivity index (χ2n) is 5.98. The minimum Gasteiger partial charge on any atom is -0.345 e. The van der Waals surface area contributed by atoms with E-state index in [0.717, 1.165) is 22.6 Å². The van der Waals surface area contributed by atoms with Crippen molar-refractivity contribution in [3.63, 3.8) is 0 Å². The fraction of sp³-hybridized carbons (Fsp3) is 0.333. The molecule has 4 nitrogen and oxygen atoms in total. The summed E-state index contributed by atoms with van der Waals surface area (Å²) in [4.78, 5) is 16.7. The van der Waals surface area contributed by atoms with E-state index < -0.39 is 0 Å². The number of carbonyl (C=O) groups excluding carboxylic acids is 1. The Labute approximate surface area is 140 Å². The van der Waals surface area contributed by atoms with Crippen molar-refractivity contribution in [2.75, 3.05) is 5.32 Å². The summed E-state index contributed by atoms with van der Waals surface area (Å²) in [5, 5.41) is 6.89. The molecule has 0 saturated heterocycles. The van der Waals surface area contributed by atoms with Gasteiger partial charge >= 0.3 is 0 Å². The van der Waals surface area contributed by atoms with Crippen molar-refractivity contribution in [1.82, 2.24) is 9.55 Å². The van der Waals surface area contributed by atoms with Crippen LogP contribution in [0.2, 0.25) is 0 Å². The number of fused-ring (bicyclic) bond motifs is 1. The first-order chi connectivity index (χ1) is 11.0. The Bertz CT molecular complexity index is 860. The second-order valence-corrected chi connectivity index (χ2v) is 6.87. The molecule has 0 radical (unpaired) electrons. The maximum absolute atomic E-state index is 12.3. The fourth-order valence-corrected chi connectivity index (χ4v) is 3.57. The maximum atomic E-state index is 12.3. The molecular formula is C18H21N3OS. The highest BCUT2D eigenvalue weighted by atomic mass is 32.1. The first-order valence-corrected chi connectivity index (χ1v) is 8.74. The molecule has 0 saturated carbocycles. The highest BCUT2D eigenvalue weighted by Crippen LogP contribution is 2.24. The van der Waals surface area contributed by atoms with Crippen molar-refractivity contribution in [3.8, 4) is 0 Å². The minimum absolute atomic E-state index is 0.154. The molecule has 23 heavy (non-hydrogen) atoms. The van der Waals surface area contributed by atoms with Crippen molar-refractivity contribution in [3.05, 3.63) is 46.0 Å². The van der Waals surface area contributed by atoms with Crippen LogP contribution in [0.4, 0.5) is 5.69 Å². The number of amides is 1. The molecule has 0 unspecified atom stereocenters. The van der Waals surface area contributed by atoms with E-state index in [2.05, 4.69) is 54.7 Å². The summed E-state index contributed by atoms with van der Waals surface area (Å²) in [7, 11) is 0. The summed E-state index contributed by atoms with van der Waals surface area (Å²) in [5.74, 6) is 0.189. The normalized spacial score (nSPS) is 11.3. The van der Waals surface area contributed by atoms with Crippen molar-refractivity contribution < 1.29 is 4.79 Å². The topological polar surface area (TPSA) is 46.9 Å². The zero-order valence-electron chi connectivity index (χ0n) is 13.9. The zero-order chi connectivity index (χ0) is 16.6. The Morgan fingerprint density at radius 2 is 2.13 bits per heavy atom. The first kappa shape index (κ1) is 15.7. The van der Waals surface area contributed by atoms with Crippen molar-refractivity contribution in [2.45, 2.75) is 40.2 Å². The van der Waals surface area contributed by atoms with Gasteiger partial charge in [0.1, 0.15) is 5.69 Å². The molecule has 3 rings (SSSR count). The third-order valence-electron chi connectivity index (χ3n) is 3.93. The molecule has 1 amide bonds. The maximum Gasteiger partial charge on any atom is 0.275 e. The van der Waals surface area contributed by atoms with E-state index in [1.54, 1.807) is 0 Å². The molecule has 1 N–H and O–H groups in total. The summed E-state index contributed by atoms with van der Waals surface area (Å²) in [6.45, 7) is 9.34. The van der Waals surface area contributed by atoms with Gasteiger partial charge < -0.3 is 9.88 Å².